The fraction of sp³-hybridized carbons (Fsp3) is 0.417. The average molecular weight is 429 g/mol. The number of benzene rings is 1. The molecule has 0 saturated heterocycles. The summed E-state index contributed by atoms with van der Waals surface area (Å²) in [5.41, 5.74) is 0.587. The fourth-order valence-electron chi connectivity index (χ4n) is 1.22. The van der Waals surface area contributed by atoms with Crippen molar-refractivity contribution in [2.45, 2.75) is 17.7 Å². The average Bonchev–Trinajstić information content (AvgIpc) is 2.34. The van der Waals surface area contributed by atoms with Gasteiger partial charge in [0.1, 0.15) is 0 Å². The first-order chi connectivity index (χ1) is 8.13. The van der Waals surface area contributed by atoms with Crippen LogP contribution < -0.4 is 0 Å². The smallest absolute Gasteiger partial charge is 0.338 e. The van der Waals surface area contributed by atoms with E-state index in [0.717, 1.165) is 22.6 Å². The summed E-state index contributed by atoms with van der Waals surface area (Å²) in [5.74, 6) is -0.262. The second-order valence-electron chi connectivity index (χ2n) is 3.54. The number of ether oxygens (including phenoxy) is 1. The maximum atomic E-state index is 11.6. The Balaban J connectivity index is 2.28. The van der Waals surface area contributed by atoms with Crippen LogP contribution in [0.15, 0.2) is 28.7 Å². The van der Waals surface area contributed by atoms with Crippen LogP contribution in [-0.4, -0.2) is 22.7 Å². The molecule has 5 heteroatoms. The molecular weight excluding hydrogens is 416 g/mol. The van der Waals surface area contributed by atoms with Crippen molar-refractivity contribution in [2.75, 3.05) is 11.9 Å². The molecule has 0 heterocycles. The van der Waals surface area contributed by atoms with E-state index in [0.29, 0.717) is 17.0 Å². The molecule has 0 unspecified atom stereocenters. The van der Waals surface area contributed by atoms with Crippen molar-refractivity contribution < 1.29 is 9.53 Å². The van der Waals surface area contributed by atoms with Crippen molar-refractivity contribution in [1.29, 1.82) is 0 Å². The molecule has 0 spiro atoms. The van der Waals surface area contributed by atoms with Gasteiger partial charge in [0.15, 0.2) is 0 Å². The molecule has 1 rings (SSSR count). The maximum Gasteiger partial charge on any atom is 0.338 e. The SMILES string of the molecule is O=C(OCCC[C@@H](Br)CBr)c1ccc(Br)cc1. The van der Waals surface area contributed by atoms with Gasteiger partial charge in [0.25, 0.3) is 0 Å². The summed E-state index contributed by atoms with van der Waals surface area (Å²) in [6, 6.07) is 7.16. The topological polar surface area (TPSA) is 26.3 Å². The van der Waals surface area contributed by atoms with Gasteiger partial charge in [-0.15, -0.1) is 0 Å². The van der Waals surface area contributed by atoms with Crippen molar-refractivity contribution >= 4 is 53.8 Å². The number of hydrogen-bond donors (Lipinski definition) is 0. The van der Waals surface area contributed by atoms with E-state index in [1.165, 1.54) is 0 Å². The molecule has 1 aromatic carbocycles. The number of halogens is 3. The van der Waals surface area contributed by atoms with E-state index in [-0.39, 0.29) is 5.97 Å². The number of hydrogen-bond acceptors (Lipinski definition) is 2. The standard InChI is InChI=1S/C12H13Br3O2/c13-8-11(15)2-1-7-17-12(16)9-3-5-10(14)6-4-9/h3-6,11H,1-2,7-8H2/t11-/m1/s1. The van der Waals surface area contributed by atoms with Gasteiger partial charge in [0.2, 0.25) is 0 Å². The Morgan fingerprint density at radius 2 is 1.94 bits per heavy atom. The lowest BCUT2D eigenvalue weighted by Gasteiger charge is -2.07. The Morgan fingerprint density at radius 1 is 1.29 bits per heavy atom. The third-order valence-corrected chi connectivity index (χ3v) is 5.10. The van der Waals surface area contributed by atoms with Crippen molar-refractivity contribution in [3.63, 3.8) is 0 Å². The Kier molecular flexibility index (Phi) is 7.39. The number of alkyl halides is 2. The van der Waals surface area contributed by atoms with E-state index in [1.807, 2.05) is 12.1 Å². The number of carbonyl (C=O) groups excluding carboxylic acids is 1. The van der Waals surface area contributed by atoms with Gasteiger partial charge in [-0.3, -0.25) is 0 Å². The third kappa shape index (κ3) is 6.02. The minimum absolute atomic E-state index is 0.262. The second kappa shape index (κ2) is 8.27. The molecule has 94 valence electrons. The molecule has 17 heavy (non-hydrogen) atoms. The summed E-state index contributed by atoms with van der Waals surface area (Å²) in [4.78, 5) is 12.1. The lowest BCUT2D eigenvalue weighted by atomic mass is 10.2. The highest BCUT2D eigenvalue weighted by atomic mass is 79.9. The van der Waals surface area contributed by atoms with Gasteiger partial charge >= 0.3 is 5.97 Å². The van der Waals surface area contributed by atoms with Crippen LogP contribution in [0.4, 0.5) is 0 Å². The molecule has 0 aliphatic carbocycles. The van der Waals surface area contributed by atoms with Crippen LogP contribution in [0.2, 0.25) is 0 Å². The molecule has 0 fully saturated rings. The van der Waals surface area contributed by atoms with Crippen LogP contribution in [0.25, 0.3) is 0 Å². The molecule has 0 bridgehead atoms. The number of rotatable bonds is 6. The van der Waals surface area contributed by atoms with Gasteiger partial charge < -0.3 is 4.74 Å². The first-order valence-electron chi connectivity index (χ1n) is 5.26. The van der Waals surface area contributed by atoms with Crippen LogP contribution >= 0.6 is 47.8 Å². The zero-order valence-corrected chi connectivity index (χ0v) is 13.9. The van der Waals surface area contributed by atoms with Gasteiger partial charge in [-0.2, -0.15) is 0 Å². The molecule has 2 nitrogen and oxygen atoms in total. The maximum absolute atomic E-state index is 11.6. The molecule has 0 aromatic heterocycles. The number of esters is 1. The Labute approximate surface area is 126 Å². The van der Waals surface area contributed by atoms with Crippen LogP contribution in [-0.2, 0) is 4.74 Å². The van der Waals surface area contributed by atoms with E-state index < -0.39 is 0 Å². The highest BCUT2D eigenvalue weighted by Crippen LogP contribution is 2.13. The Hall–Kier alpha value is 0.130. The van der Waals surface area contributed by atoms with Crippen molar-refractivity contribution in [1.82, 2.24) is 0 Å². The molecule has 0 aliphatic heterocycles. The summed E-state index contributed by atoms with van der Waals surface area (Å²) in [6.45, 7) is 0.462. The van der Waals surface area contributed by atoms with E-state index in [4.69, 9.17) is 4.74 Å². The van der Waals surface area contributed by atoms with Crippen molar-refractivity contribution in [3.8, 4) is 0 Å². The van der Waals surface area contributed by atoms with Gasteiger partial charge in [0.05, 0.1) is 12.2 Å². The normalized spacial score (nSPS) is 12.2. The van der Waals surface area contributed by atoms with E-state index in [1.54, 1.807) is 12.1 Å². The van der Waals surface area contributed by atoms with Crippen LogP contribution in [0, 0.1) is 0 Å². The van der Waals surface area contributed by atoms with E-state index in [9.17, 15) is 4.79 Å². The number of carbonyl (C=O) groups is 1. The largest absolute Gasteiger partial charge is 0.462 e. The predicted octanol–water partition coefficient (Wildman–Crippen LogP) is 4.54. The van der Waals surface area contributed by atoms with Crippen LogP contribution in [0.3, 0.4) is 0 Å². The van der Waals surface area contributed by atoms with E-state index in [2.05, 4.69) is 47.8 Å². The van der Waals surface area contributed by atoms with Gasteiger partial charge in [-0.05, 0) is 37.1 Å². The lowest BCUT2D eigenvalue weighted by Crippen LogP contribution is -2.08. The third-order valence-electron chi connectivity index (χ3n) is 2.14. The molecule has 0 N–H and O–H groups in total. The Morgan fingerprint density at radius 3 is 2.53 bits per heavy atom. The first kappa shape index (κ1) is 15.2. The summed E-state index contributed by atoms with van der Waals surface area (Å²) in [7, 11) is 0. The molecule has 1 atom stereocenters. The van der Waals surface area contributed by atoms with E-state index >= 15 is 0 Å². The summed E-state index contributed by atoms with van der Waals surface area (Å²) in [5, 5.41) is 0.910. The zero-order valence-electron chi connectivity index (χ0n) is 9.17. The van der Waals surface area contributed by atoms with Gasteiger partial charge in [-0.1, -0.05) is 47.8 Å². The lowest BCUT2D eigenvalue weighted by molar-refractivity contribution is 0.0498. The molecule has 0 radical (unpaired) electrons. The minimum Gasteiger partial charge on any atom is -0.462 e. The highest BCUT2D eigenvalue weighted by molar-refractivity contribution is 9.12. The molecule has 0 aliphatic rings. The van der Waals surface area contributed by atoms with Gasteiger partial charge in [-0.25, -0.2) is 4.79 Å². The Bertz CT molecular complexity index is 351. The zero-order chi connectivity index (χ0) is 12.7. The fourth-order valence-corrected chi connectivity index (χ4v) is 2.13. The highest BCUT2D eigenvalue weighted by Gasteiger charge is 2.07. The summed E-state index contributed by atoms with van der Waals surface area (Å²) < 4.78 is 6.12. The minimum atomic E-state index is -0.262. The monoisotopic (exact) mass is 426 g/mol. The molecule has 1 aromatic rings. The van der Waals surface area contributed by atoms with Crippen molar-refractivity contribution in [2.24, 2.45) is 0 Å². The molecule has 0 saturated carbocycles. The molecule has 0 amide bonds. The second-order valence-corrected chi connectivity index (χ2v) is 6.39. The predicted molar refractivity (Wildman–Crippen MR) is 80.2 cm³/mol. The summed E-state index contributed by atoms with van der Waals surface area (Å²) in [6.07, 6.45) is 1.85. The van der Waals surface area contributed by atoms with Crippen molar-refractivity contribution in [3.05, 3.63) is 34.3 Å². The van der Waals surface area contributed by atoms with Gasteiger partial charge in [0, 0.05) is 14.6 Å². The van der Waals surface area contributed by atoms with Crippen LogP contribution in [0.5, 0.6) is 0 Å². The van der Waals surface area contributed by atoms with Crippen LogP contribution in [0.1, 0.15) is 23.2 Å². The quantitative estimate of drug-likeness (QED) is 0.377. The first-order valence-corrected chi connectivity index (χ1v) is 8.09. The molecular formula is C12H13Br3O2. The summed E-state index contributed by atoms with van der Waals surface area (Å²) >= 11 is 10.2.